The lowest BCUT2D eigenvalue weighted by Gasteiger charge is -2.04. The van der Waals surface area contributed by atoms with Crippen molar-refractivity contribution in [1.29, 1.82) is 0 Å². The summed E-state index contributed by atoms with van der Waals surface area (Å²) in [5.41, 5.74) is 2.57. The number of hydrogen-bond donors (Lipinski definition) is 2. The second-order valence-electron chi connectivity index (χ2n) is 4.93. The minimum absolute atomic E-state index is 0. The summed E-state index contributed by atoms with van der Waals surface area (Å²) >= 11 is 0. The normalized spacial score (nSPS) is 14.4. The smallest absolute Gasteiger partial charge is 0.120 e. The van der Waals surface area contributed by atoms with E-state index in [-0.39, 0.29) is 12.4 Å². The van der Waals surface area contributed by atoms with Gasteiger partial charge < -0.3 is 15.0 Å². The fraction of sp³-hybridized carbons (Fsp3) is 0.467. The SMILES string of the molecule is CCOc1ccc2[nH]cc(CCNC3CC3)c2c1.Cl. The first-order chi connectivity index (χ1) is 8.86. The molecule has 0 radical (unpaired) electrons. The Morgan fingerprint density at radius 3 is 2.95 bits per heavy atom. The average Bonchev–Trinajstić information content (AvgIpc) is 3.11. The van der Waals surface area contributed by atoms with Gasteiger partial charge in [0.15, 0.2) is 0 Å². The Morgan fingerprint density at radius 2 is 2.21 bits per heavy atom. The second-order valence-corrected chi connectivity index (χ2v) is 4.93. The van der Waals surface area contributed by atoms with Gasteiger partial charge in [-0.05, 0) is 56.5 Å². The van der Waals surface area contributed by atoms with Gasteiger partial charge in [0.25, 0.3) is 0 Å². The molecule has 0 amide bonds. The number of hydrogen-bond acceptors (Lipinski definition) is 2. The van der Waals surface area contributed by atoms with Crippen molar-refractivity contribution in [3.63, 3.8) is 0 Å². The van der Waals surface area contributed by atoms with Crippen LogP contribution in [0.15, 0.2) is 24.4 Å². The van der Waals surface area contributed by atoms with Gasteiger partial charge in [0.1, 0.15) is 5.75 Å². The van der Waals surface area contributed by atoms with Crippen LogP contribution in [0.25, 0.3) is 10.9 Å². The average molecular weight is 281 g/mol. The number of benzene rings is 1. The molecule has 1 aliphatic rings. The van der Waals surface area contributed by atoms with E-state index >= 15 is 0 Å². The number of aromatic nitrogens is 1. The van der Waals surface area contributed by atoms with Crippen LogP contribution in [0.4, 0.5) is 0 Å². The topological polar surface area (TPSA) is 37.0 Å². The number of nitrogens with one attached hydrogen (secondary N) is 2. The van der Waals surface area contributed by atoms with Gasteiger partial charge in [-0.3, -0.25) is 0 Å². The van der Waals surface area contributed by atoms with Crippen LogP contribution < -0.4 is 10.1 Å². The number of halogens is 1. The van der Waals surface area contributed by atoms with Crippen LogP contribution in [-0.2, 0) is 6.42 Å². The van der Waals surface area contributed by atoms with Crippen LogP contribution in [0.2, 0.25) is 0 Å². The van der Waals surface area contributed by atoms with Crippen LogP contribution in [0, 0.1) is 0 Å². The first kappa shape index (κ1) is 14.2. The molecule has 0 aliphatic heterocycles. The molecule has 0 bridgehead atoms. The maximum absolute atomic E-state index is 5.56. The molecule has 1 fully saturated rings. The molecule has 1 aromatic heterocycles. The van der Waals surface area contributed by atoms with Crippen molar-refractivity contribution >= 4 is 23.3 Å². The lowest BCUT2D eigenvalue weighted by Crippen LogP contribution is -2.19. The minimum atomic E-state index is 0. The van der Waals surface area contributed by atoms with Crippen molar-refractivity contribution in [2.75, 3.05) is 13.2 Å². The zero-order valence-electron chi connectivity index (χ0n) is 11.2. The maximum atomic E-state index is 5.56. The van der Waals surface area contributed by atoms with Crippen molar-refractivity contribution in [2.45, 2.75) is 32.2 Å². The zero-order chi connectivity index (χ0) is 12.4. The predicted octanol–water partition coefficient (Wildman–Crippen LogP) is 3.28. The number of H-pyrrole nitrogens is 1. The van der Waals surface area contributed by atoms with Crippen molar-refractivity contribution in [1.82, 2.24) is 10.3 Å². The molecular formula is C15H21ClN2O. The van der Waals surface area contributed by atoms with Gasteiger partial charge in [0.2, 0.25) is 0 Å². The van der Waals surface area contributed by atoms with Crippen LogP contribution in [0.1, 0.15) is 25.3 Å². The highest BCUT2D eigenvalue weighted by Crippen LogP contribution is 2.24. The highest BCUT2D eigenvalue weighted by atomic mass is 35.5. The summed E-state index contributed by atoms with van der Waals surface area (Å²) in [6.45, 7) is 3.80. The third-order valence-electron chi connectivity index (χ3n) is 3.45. The summed E-state index contributed by atoms with van der Waals surface area (Å²) in [6.07, 6.45) is 5.89. The molecule has 4 heteroatoms. The summed E-state index contributed by atoms with van der Waals surface area (Å²) in [5.74, 6) is 0.959. The second kappa shape index (κ2) is 6.31. The molecule has 0 atom stereocenters. The van der Waals surface area contributed by atoms with Crippen LogP contribution in [0.3, 0.4) is 0 Å². The molecule has 19 heavy (non-hydrogen) atoms. The summed E-state index contributed by atoms with van der Waals surface area (Å²) in [5, 5.41) is 4.84. The molecule has 0 saturated heterocycles. The van der Waals surface area contributed by atoms with E-state index in [4.69, 9.17) is 4.74 Å². The summed E-state index contributed by atoms with van der Waals surface area (Å²) in [4.78, 5) is 3.33. The Hall–Kier alpha value is -1.19. The molecule has 1 saturated carbocycles. The lowest BCUT2D eigenvalue weighted by atomic mass is 10.1. The number of rotatable bonds is 6. The molecule has 3 rings (SSSR count). The molecule has 1 heterocycles. The summed E-state index contributed by atoms with van der Waals surface area (Å²) < 4.78 is 5.56. The third-order valence-corrected chi connectivity index (χ3v) is 3.45. The summed E-state index contributed by atoms with van der Waals surface area (Å²) in [7, 11) is 0. The van der Waals surface area contributed by atoms with E-state index in [0.29, 0.717) is 6.61 Å². The van der Waals surface area contributed by atoms with Crippen LogP contribution in [0.5, 0.6) is 5.75 Å². The molecule has 1 aliphatic carbocycles. The van der Waals surface area contributed by atoms with Crippen LogP contribution >= 0.6 is 12.4 Å². The van der Waals surface area contributed by atoms with E-state index < -0.39 is 0 Å². The number of fused-ring (bicyclic) bond motifs is 1. The van der Waals surface area contributed by atoms with E-state index in [0.717, 1.165) is 24.8 Å². The number of ether oxygens (including phenoxy) is 1. The van der Waals surface area contributed by atoms with Gasteiger partial charge in [-0.2, -0.15) is 0 Å². The molecule has 2 aromatic rings. The van der Waals surface area contributed by atoms with Gasteiger partial charge >= 0.3 is 0 Å². The van der Waals surface area contributed by atoms with Gasteiger partial charge in [-0.1, -0.05) is 0 Å². The number of aromatic amines is 1. The molecule has 1 aromatic carbocycles. The van der Waals surface area contributed by atoms with E-state index in [2.05, 4.69) is 28.6 Å². The predicted molar refractivity (Wildman–Crippen MR) is 81.4 cm³/mol. The standard InChI is InChI=1S/C15H20N2O.ClH/c1-2-18-13-5-6-15-14(9-13)11(10-17-15)7-8-16-12-3-4-12;/h5-6,9-10,12,16-17H,2-4,7-8H2,1H3;1H. The largest absolute Gasteiger partial charge is 0.494 e. The van der Waals surface area contributed by atoms with E-state index in [1.165, 1.54) is 29.3 Å². The van der Waals surface area contributed by atoms with Gasteiger partial charge in [0, 0.05) is 23.1 Å². The maximum Gasteiger partial charge on any atom is 0.120 e. The van der Waals surface area contributed by atoms with Crippen molar-refractivity contribution in [3.05, 3.63) is 30.0 Å². The Bertz CT molecular complexity index is 534. The summed E-state index contributed by atoms with van der Waals surface area (Å²) in [6, 6.07) is 7.04. The van der Waals surface area contributed by atoms with Gasteiger partial charge in [-0.15, -0.1) is 12.4 Å². The Labute approximate surface area is 120 Å². The first-order valence-electron chi connectivity index (χ1n) is 6.83. The molecular weight excluding hydrogens is 260 g/mol. The van der Waals surface area contributed by atoms with Gasteiger partial charge in [-0.25, -0.2) is 0 Å². The lowest BCUT2D eigenvalue weighted by molar-refractivity contribution is 0.340. The Balaban J connectivity index is 0.00000133. The molecule has 104 valence electrons. The van der Waals surface area contributed by atoms with Crippen molar-refractivity contribution < 1.29 is 4.74 Å². The van der Waals surface area contributed by atoms with E-state index in [1.807, 2.05) is 13.0 Å². The third kappa shape index (κ3) is 3.43. The Morgan fingerprint density at radius 1 is 1.37 bits per heavy atom. The first-order valence-corrected chi connectivity index (χ1v) is 6.83. The molecule has 0 unspecified atom stereocenters. The van der Waals surface area contributed by atoms with E-state index in [9.17, 15) is 0 Å². The quantitative estimate of drug-likeness (QED) is 0.852. The van der Waals surface area contributed by atoms with E-state index in [1.54, 1.807) is 0 Å². The fourth-order valence-corrected chi connectivity index (χ4v) is 2.32. The Kier molecular flexibility index (Phi) is 4.72. The van der Waals surface area contributed by atoms with Crippen LogP contribution in [-0.4, -0.2) is 24.2 Å². The fourth-order valence-electron chi connectivity index (χ4n) is 2.32. The van der Waals surface area contributed by atoms with Gasteiger partial charge in [0.05, 0.1) is 6.61 Å². The monoisotopic (exact) mass is 280 g/mol. The highest BCUT2D eigenvalue weighted by molar-refractivity contribution is 5.85. The minimum Gasteiger partial charge on any atom is -0.494 e. The zero-order valence-corrected chi connectivity index (χ0v) is 12.1. The van der Waals surface area contributed by atoms with Crippen molar-refractivity contribution in [3.8, 4) is 5.75 Å². The molecule has 3 nitrogen and oxygen atoms in total. The molecule has 0 spiro atoms. The highest BCUT2D eigenvalue weighted by Gasteiger charge is 2.19. The molecule has 2 N–H and O–H groups in total. The van der Waals surface area contributed by atoms with Crippen molar-refractivity contribution in [2.24, 2.45) is 0 Å².